The minimum absolute atomic E-state index is 0.0304. The van der Waals surface area contributed by atoms with Crippen LogP contribution in [0.4, 0.5) is 0 Å². The Labute approximate surface area is 109 Å². The van der Waals surface area contributed by atoms with Crippen LogP contribution in [0.1, 0.15) is 25.0 Å². The zero-order valence-corrected chi connectivity index (χ0v) is 11.3. The lowest BCUT2D eigenvalue weighted by atomic mass is 9.92. The highest BCUT2D eigenvalue weighted by Gasteiger charge is 2.25. The molecule has 0 fully saturated rings. The molecule has 0 saturated heterocycles. The van der Waals surface area contributed by atoms with Gasteiger partial charge in [0.1, 0.15) is 0 Å². The van der Waals surface area contributed by atoms with E-state index in [9.17, 15) is 4.79 Å². The van der Waals surface area contributed by atoms with E-state index in [1.54, 1.807) is 7.11 Å². The molecule has 0 unspecified atom stereocenters. The monoisotopic (exact) mass is 250 g/mol. The first-order valence-electron chi connectivity index (χ1n) is 6.05. The summed E-state index contributed by atoms with van der Waals surface area (Å²) in [7, 11) is 1.66. The Hall–Kier alpha value is -1.39. The van der Waals surface area contributed by atoms with E-state index in [2.05, 4.69) is 5.32 Å². The quantitative estimate of drug-likeness (QED) is 0.803. The molecule has 0 aliphatic carbocycles. The first kappa shape index (κ1) is 14.7. The summed E-state index contributed by atoms with van der Waals surface area (Å²) in [5, 5.41) is 2.91. The van der Waals surface area contributed by atoms with Gasteiger partial charge < -0.3 is 15.8 Å². The Kier molecular flexibility index (Phi) is 5.31. The second-order valence-corrected chi connectivity index (χ2v) is 4.97. The maximum atomic E-state index is 11.9. The average molecular weight is 250 g/mol. The van der Waals surface area contributed by atoms with Gasteiger partial charge in [0.15, 0.2) is 0 Å². The smallest absolute Gasteiger partial charge is 0.227 e. The van der Waals surface area contributed by atoms with Crippen molar-refractivity contribution in [1.29, 1.82) is 0 Å². The molecule has 4 nitrogen and oxygen atoms in total. The fraction of sp³-hybridized carbons (Fsp3) is 0.500. The molecular formula is C14H22N2O2. The van der Waals surface area contributed by atoms with Gasteiger partial charge in [0.2, 0.25) is 5.91 Å². The minimum Gasteiger partial charge on any atom is -0.380 e. The van der Waals surface area contributed by atoms with Crippen molar-refractivity contribution in [3.63, 3.8) is 0 Å². The number of ether oxygens (including phenoxy) is 1. The van der Waals surface area contributed by atoms with E-state index in [1.807, 2.05) is 38.1 Å². The Bertz CT molecular complexity index is 403. The Balaban J connectivity index is 2.66. The van der Waals surface area contributed by atoms with E-state index >= 15 is 0 Å². The highest BCUT2D eigenvalue weighted by atomic mass is 16.5. The molecule has 0 atom stereocenters. The molecular weight excluding hydrogens is 228 g/mol. The number of nitrogens with one attached hydrogen (secondary N) is 1. The van der Waals surface area contributed by atoms with Crippen LogP contribution < -0.4 is 11.1 Å². The topological polar surface area (TPSA) is 64.3 Å². The van der Waals surface area contributed by atoms with Crippen molar-refractivity contribution in [2.75, 3.05) is 13.7 Å². The molecule has 0 heterocycles. The van der Waals surface area contributed by atoms with Gasteiger partial charge in [-0.15, -0.1) is 0 Å². The van der Waals surface area contributed by atoms with Crippen LogP contribution in [0.5, 0.6) is 0 Å². The summed E-state index contributed by atoms with van der Waals surface area (Å²) >= 11 is 0. The fourth-order valence-corrected chi connectivity index (χ4v) is 1.53. The number of carbonyl (C=O) groups excluding carboxylic acids is 1. The van der Waals surface area contributed by atoms with E-state index in [0.29, 0.717) is 19.7 Å². The number of carbonyl (C=O) groups is 1. The lowest BCUT2D eigenvalue weighted by molar-refractivity contribution is -0.129. The van der Waals surface area contributed by atoms with Crippen molar-refractivity contribution in [2.45, 2.75) is 27.0 Å². The Morgan fingerprint density at radius 2 is 1.94 bits per heavy atom. The normalized spacial score (nSPS) is 11.3. The summed E-state index contributed by atoms with van der Waals surface area (Å²) < 4.78 is 5.13. The highest BCUT2D eigenvalue weighted by molar-refractivity contribution is 5.82. The zero-order valence-electron chi connectivity index (χ0n) is 11.3. The molecule has 0 aliphatic heterocycles. The van der Waals surface area contributed by atoms with Crippen molar-refractivity contribution in [3.8, 4) is 0 Å². The summed E-state index contributed by atoms with van der Waals surface area (Å²) in [5.74, 6) is -0.0304. The minimum atomic E-state index is -0.532. The first-order valence-corrected chi connectivity index (χ1v) is 6.05. The van der Waals surface area contributed by atoms with Gasteiger partial charge in [0, 0.05) is 20.2 Å². The van der Waals surface area contributed by atoms with Crippen LogP contribution in [0.3, 0.4) is 0 Å². The lowest BCUT2D eigenvalue weighted by Gasteiger charge is -2.21. The third-order valence-corrected chi connectivity index (χ3v) is 2.98. The summed E-state index contributed by atoms with van der Waals surface area (Å²) in [6.45, 7) is 5.06. The van der Waals surface area contributed by atoms with Crippen LogP contribution >= 0.6 is 0 Å². The van der Waals surface area contributed by atoms with Crippen LogP contribution in [0.25, 0.3) is 0 Å². The van der Waals surface area contributed by atoms with Gasteiger partial charge >= 0.3 is 0 Å². The van der Waals surface area contributed by atoms with Crippen LogP contribution in [0.15, 0.2) is 24.3 Å². The number of methoxy groups -OCH3 is 1. The molecule has 3 N–H and O–H groups in total. The van der Waals surface area contributed by atoms with Crippen molar-refractivity contribution in [3.05, 3.63) is 35.4 Å². The van der Waals surface area contributed by atoms with Gasteiger partial charge in [0.25, 0.3) is 0 Å². The number of nitrogens with two attached hydrogens (primary N) is 1. The van der Waals surface area contributed by atoms with Crippen molar-refractivity contribution in [1.82, 2.24) is 5.32 Å². The van der Waals surface area contributed by atoms with Gasteiger partial charge in [0.05, 0.1) is 12.0 Å². The molecule has 0 radical (unpaired) electrons. The second kappa shape index (κ2) is 6.52. The molecule has 4 heteroatoms. The average Bonchev–Trinajstić information content (AvgIpc) is 2.37. The molecule has 0 bridgehead atoms. The molecule has 1 aromatic rings. The lowest BCUT2D eigenvalue weighted by Crippen LogP contribution is -2.41. The maximum Gasteiger partial charge on any atom is 0.227 e. The number of hydrogen-bond donors (Lipinski definition) is 2. The van der Waals surface area contributed by atoms with Gasteiger partial charge in [-0.3, -0.25) is 4.79 Å². The predicted molar refractivity (Wildman–Crippen MR) is 71.8 cm³/mol. The molecule has 0 spiro atoms. The van der Waals surface area contributed by atoms with Crippen molar-refractivity contribution >= 4 is 5.91 Å². The van der Waals surface area contributed by atoms with Crippen LogP contribution in [-0.2, 0) is 22.7 Å². The molecule has 100 valence electrons. The highest BCUT2D eigenvalue weighted by Crippen LogP contribution is 2.14. The van der Waals surface area contributed by atoms with Gasteiger partial charge in [-0.1, -0.05) is 24.3 Å². The molecule has 1 aromatic carbocycles. The van der Waals surface area contributed by atoms with E-state index in [0.717, 1.165) is 11.1 Å². The van der Waals surface area contributed by atoms with Crippen LogP contribution in [-0.4, -0.2) is 19.6 Å². The Morgan fingerprint density at radius 3 is 2.50 bits per heavy atom. The first-order chi connectivity index (χ1) is 8.51. The van der Waals surface area contributed by atoms with Crippen LogP contribution in [0.2, 0.25) is 0 Å². The summed E-state index contributed by atoms with van der Waals surface area (Å²) in [4.78, 5) is 11.9. The zero-order chi connectivity index (χ0) is 13.6. The van der Waals surface area contributed by atoms with E-state index in [4.69, 9.17) is 10.5 Å². The van der Waals surface area contributed by atoms with Gasteiger partial charge in [-0.2, -0.15) is 0 Å². The third kappa shape index (κ3) is 3.82. The summed E-state index contributed by atoms with van der Waals surface area (Å²) in [6, 6.07) is 7.90. The van der Waals surface area contributed by atoms with Crippen molar-refractivity contribution in [2.24, 2.45) is 11.1 Å². The van der Waals surface area contributed by atoms with E-state index in [-0.39, 0.29) is 5.91 Å². The van der Waals surface area contributed by atoms with Crippen molar-refractivity contribution < 1.29 is 9.53 Å². The molecule has 0 aromatic heterocycles. The van der Waals surface area contributed by atoms with E-state index in [1.165, 1.54) is 0 Å². The summed E-state index contributed by atoms with van der Waals surface area (Å²) in [5.41, 5.74) is 7.20. The number of amides is 1. The maximum absolute atomic E-state index is 11.9. The Morgan fingerprint density at radius 1 is 1.33 bits per heavy atom. The number of benzene rings is 1. The van der Waals surface area contributed by atoms with Crippen LogP contribution in [0, 0.1) is 5.41 Å². The largest absolute Gasteiger partial charge is 0.380 e. The molecule has 0 saturated carbocycles. The number of hydrogen-bond acceptors (Lipinski definition) is 3. The molecule has 18 heavy (non-hydrogen) atoms. The molecule has 0 aliphatic rings. The summed E-state index contributed by atoms with van der Waals surface area (Å²) in [6.07, 6.45) is 0. The standard InChI is InChI=1S/C14H22N2O2/c1-14(2,10-15)13(17)16-8-11-6-4-5-7-12(11)9-18-3/h4-7H,8-10,15H2,1-3H3,(H,16,17). The van der Waals surface area contributed by atoms with Gasteiger partial charge in [-0.05, 0) is 25.0 Å². The second-order valence-electron chi connectivity index (χ2n) is 4.97. The molecule has 1 amide bonds. The molecule has 1 rings (SSSR count). The fourth-order valence-electron chi connectivity index (χ4n) is 1.53. The third-order valence-electron chi connectivity index (χ3n) is 2.98. The number of rotatable bonds is 6. The van der Waals surface area contributed by atoms with E-state index < -0.39 is 5.41 Å². The SMILES string of the molecule is COCc1ccccc1CNC(=O)C(C)(C)CN. The van der Waals surface area contributed by atoms with Gasteiger partial charge in [-0.25, -0.2) is 0 Å². The predicted octanol–water partition coefficient (Wildman–Crippen LogP) is 1.43.